The molecular weight excluding hydrogens is 556 g/mol. The highest BCUT2D eigenvalue weighted by Gasteiger charge is 2.46. The zero-order chi connectivity index (χ0) is 31.4. The lowest BCUT2D eigenvalue weighted by Crippen LogP contribution is -2.49. The second-order valence-electron chi connectivity index (χ2n) is 11.0. The van der Waals surface area contributed by atoms with Gasteiger partial charge >= 0.3 is 23.9 Å². The van der Waals surface area contributed by atoms with Crippen molar-refractivity contribution in [3.8, 4) is 11.5 Å². The Kier molecular flexibility index (Phi) is 9.52. The van der Waals surface area contributed by atoms with Crippen LogP contribution < -0.4 is 15.4 Å². The lowest BCUT2D eigenvalue weighted by Gasteiger charge is -2.38. The van der Waals surface area contributed by atoms with Gasteiger partial charge in [0.1, 0.15) is 22.6 Å². The van der Waals surface area contributed by atoms with Crippen LogP contribution >= 0.6 is 0 Å². The number of fused-ring (bicyclic) bond motifs is 2. The lowest BCUT2D eigenvalue weighted by molar-refractivity contribution is -0.152. The summed E-state index contributed by atoms with van der Waals surface area (Å²) in [5.74, 6) is -2.35. The number of rotatable bonds is 10. The van der Waals surface area contributed by atoms with Gasteiger partial charge in [0.15, 0.2) is 0 Å². The van der Waals surface area contributed by atoms with Gasteiger partial charge in [-0.1, -0.05) is 0 Å². The first-order valence-electron chi connectivity index (χ1n) is 14.7. The molecule has 11 nitrogen and oxygen atoms in total. The van der Waals surface area contributed by atoms with Crippen molar-refractivity contribution in [2.45, 2.75) is 77.3 Å². The number of ether oxygens (including phenoxy) is 5. The molecule has 2 aliphatic rings. The number of carbonyl (C=O) groups excluding carboxylic acids is 4. The summed E-state index contributed by atoms with van der Waals surface area (Å²) in [7, 11) is 0. The Balaban J connectivity index is 1.67. The average Bonchev–Trinajstić information content (AvgIpc) is 2.97. The Bertz CT molecular complexity index is 1290. The molecule has 4 atom stereocenters. The van der Waals surface area contributed by atoms with Crippen molar-refractivity contribution < 1.29 is 42.9 Å². The van der Waals surface area contributed by atoms with E-state index >= 15 is 0 Å². The zero-order valence-electron chi connectivity index (χ0n) is 25.5. The fourth-order valence-corrected chi connectivity index (χ4v) is 5.64. The zero-order valence-corrected chi connectivity index (χ0v) is 25.5. The van der Waals surface area contributed by atoms with Gasteiger partial charge in [-0.3, -0.25) is 9.59 Å². The van der Waals surface area contributed by atoms with Crippen molar-refractivity contribution in [1.82, 2.24) is 0 Å². The third-order valence-corrected chi connectivity index (χ3v) is 7.67. The van der Waals surface area contributed by atoms with Crippen molar-refractivity contribution in [2.75, 3.05) is 37.1 Å². The minimum atomic E-state index is -1.12. The third kappa shape index (κ3) is 6.55. The first-order valence-corrected chi connectivity index (χ1v) is 14.7. The third-order valence-electron chi connectivity index (χ3n) is 7.67. The van der Waals surface area contributed by atoms with Crippen LogP contribution in [0.1, 0.15) is 77.3 Å². The van der Waals surface area contributed by atoms with E-state index in [0.717, 1.165) is 0 Å². The number of hydrogen-bond donors (Lipinski definition) is 2. The quantitative estimate of drug-likeness (QED) is 0.281. The van der Waals surface area contributed by atoms with Gasteiger partial charge in [0.2, 0.25) is 0 Å². The molecule has 0 saturated heterocycles. The maximum Gasteiger partial charge on any atom is 0.331 e. The molecule has 2 aromatic rings. The van der Waals surface area contributed by atoms with Crippen LogP contribution in [0, 0.1) is 0 Å². The maximum atomic E-state index is 13.0. The second kappa shape index (κ2) is 12.9. The van der Waals surface area contributed by atoms with Gasteiger partial charge < -0.3 is 34.3 Å². The summed E-state index contributed by atoms with van der Waals surface area (Å²) in [4.78, 5) is 51.6. The number of hydrogen-bond acceptors (Lipinski definition) is 11. The Morgan fingerprint density at radius 1 is 0.651 bits per heavy atom. The highest BCUT2D eigenvalue weighted by atomic mass is 16.5. The summed E-state index contributed by atoms with van der Waals surface area (Å²) >= 11 is 0. The Labute approximate surface area is 251 Å². The second-order valence-corrected chi connectivity index (χ2v) is 11.0. The van der Waals surface area contributed by atoms with Crippen LogP contribution in [0.4, 0.5) is 11.4 Å². The fourth-order valence-electron chi connectivity index (χ4n) is 5.64. The number of esters is 4. The molecule has 0 aliphatic carbocycles. The van der Waals surface area contributed by atoms with E-state index in [1.165, 1.54) is 0 Å². The van der Waals surface area contributed by atoms with Gasteiger partial charge in [-0.05, 0) is 102 Å². The number of anilines is 2. The van der Waals surface area contributed by atoms with Crippen LogP contribution in [0.15, 0.2) is 36.4 Å². The molecule has 11 heteroatoms. The molecule has 43 heavy (non-hydrogen) atoms. The Morgan fingerprint density at radius 3 is 1.37 bits per heavy atom. The van der Waals surface area contributed by atoms with Gasteiger partial charge in [-0.2, -0.15) is 0 Å². The molecule has 4 unspecified atom stereocenters. The van der Waals surface area contributed by atoms with Gasteiger partial charge in [0.25, 0.3) is 0 Å². The summed E-state index contributed by atoms with van der Waals surface area (Å²) in [6.45, 7) is 11.2. The van der Waals surface area contributed by atoms with E-state index in [9.17, 15) is 19.2 Å². The van der Waals surface area contributed by atoms with E-state index in [-0.39, 0.29) is 39.3 Å². The van der Waals surface area contributed by atoms with E-state index in [2.05, 4.69) is 10.6 Å². The molecule has 4 rings (SSSR count). The first-order chi connectivity index (χ1) is 20.5. The summed E-state index contributed by atoms with van der Waals surface area (Å²) in [6.07, 6.45) is 0.290. The largest absolute Gasteiger partial charge is 0.466 e. The molecule has 2 aromatic carbocycles. The SMILES string of the molecule is CCOC(=O)C1CC(C)(C(=O)OCC)Nc2ccc(Oc3ccc4c(c3)C(C(=O)OCC)CC(C)(C(=O)OCC)N4)cc21. The number of benzene rings is 2. The molecule has 232 valence electrons. The van der Waals surface area contributed by atoms with Crippen LogP contribution in [0.3, 0.4) is 0 Å². The molecule has 0 aromatic heterocycles. The number of nitrogens with one attached hydrogen (secondary N) is 2. The minimum absolute atomic E-state index is 0.145. The molecular formula is C32H40N2O9. The van der Waals surface area contributed by atoms with Gasteiger partial charge in [-0.15, -0.1) is 0 Å². The number of carbonyl (C=O) groups is 4. The van der Waals surface area contributed by atoms with Crippen molar-refractivity contribution in [1.29, 1.82) is 0 Å². The maximum absolute atomic E-state index is 13.0. The summed E-state index contributed by atoms with van der Waals surface area (Å²) in [5.41, 5.74) is 0.229. The molecule has 0 fully saturated rings. The molecule has 0 bridgehead atoms. The standard InChI is InChI=1S/C32H40N2O9/c1-7-39-27(35)23-17-31(5,29(37)41-9-3)33-25-13-11-19(15-21(23)25)43-20-12-14-26-22(16-20)24(28(36)40-8-2)18-32(6,34-26)30(38)42-10-4/h11-16,23-24,33-34H,7-10,17-18H2,1-6H3. The van der Waals surface area contributed by atoms with Crippen LogP contribution in [-0.2, 0) is 38.1 Å². The Hall–Kier alpha value is -4.28. The summed E-state index contributed by atoms with van der Waals surface area (Å²) in [6, 6.07) is 10.4. The molecule has 0 saturated carbocycles. The van der Waals surface area contributed by atoms with Gasteiger partial charge in [-0.25, -0.2) is 9.59 Å². The molecule has 2 aliphatic heterocycles. The van der Waals surface area contributed by atoms with Gasteiger partial charge in [0.05, 0.1) is 38.3 Å². The smallest absolute Gasteiger partial charge is 0.331 e. The van der Waals surface area contributed by atoms with Crippen LogP contribution in [0.25, 0.3) is 0 Å². The fraction of sp³-hybridized carbons (Fsp3) is 0.500. The van der Waals surface area contributed by atoms with E-state index in [4.69, 9.17) is 23.7 Å². The van der Waals surface area contributed by atoms with Gasteiger partial charge in [0, 0.05) is 11.4 Å². The van der Waals surface area contributed by atoms with E-state index in [1.807, 2.05) is 0 Å². The van der Waals surface area contributed by atoms with E-state index in [0.29, 0.717) is 34.0 Å². The lowest BCUT2D eigenvalue weighted by atomic mass is 9.79. The van der Waals surface area contributed by atoms with Crippen molar-refractivity contribution in [2.24, 2.45) is 0 Å². The molecule has 2 N–H and O–H groups in total. The van der Waals surface area contributed by atoms with Crippen molar-refractivity contribution in [3.05, 3.63) is 47.5 Å². The highest BCUT2D eigenvalue weighted by Crippen LogP contribution is 2.45. The normalized spacial score (nSPS) is 23.8. The minimum Gasteiger partial charge on any atom is -0.466 e. The monoisotopic (exact) mass is 596 g/mol. The topological polar surface area (TPSA) is 138 Å². The summed E-state index contributed by atoms with van der Waals surface area (Å²) in [5, 5.41) is 6.48. The molecule has 0 radical (unpaired) electrons. The van der Waals surface area contributed by atoms with E-state index in [1.54, 1.807) is 77.9 Å². The van der Waals surface area contributed by atoms with Crippen LogP contribution in [0.5, 0.6) is 11.5 Å². The molecule has 0 amide bonds. The van der Waals surface area contributed by atoms with Crippen LogP contribution in [-0.4, -0.2) is 61.4 Å². The predicted octanol–water partition coefficient (Wildman–Crippen LogP) is 5.05. The first kappa shape index (κ1) is 31.7. The van der Waals surface area contributed by atoms with Crippen molar-refractivity contribution in [3.63, 3.8) is 0 Å². The van der Waals surface area contributed by atoms with E-state index < -0.39 is 46.8 Å². The Morgan fingerprint density at radius 2 is 1.02 bits per heavy atom. The molecule has 2 heterocycles. The molecule has 0 spiro atoms. The predicted molar refractivity (Wildman–Crippen MR) is 158 cm³/mol. The average molecular weight is 597 g/mol. The summed E-state index contributed by atoms with van der Waals surface area (Å²) < 4.78 is 27.5. The highest BCUT2D eigenvalue weighted by molar-refractivity contribution is 5.92. The van der Waals surface area contributed by atoms with Crippen LogP contribution in [0.2, 0.25) is 0 Å². The van der Waals surface area contributed by atoms with Crippen molar-refractivity contribution >= 4 is 35.3 Å².